The second-order valence-electron chi connectivity index (χ2n) is 7.44. The van der Waals surface area contributed by atoms with E-state index in [1.807, 2.05) is 66.7 Å². The van der Waals surface area contributed by atoms with Crippen molar-refractivity contribution >= 4 is 5.91 Å². The summed E-state index contributed by atoms with van der Waals surface area (Å²) in [5.41, 5.74) is 3.38. The van der Waals surface area contributed by atoms with Gasteiger partial charge in [-0.25, -0.2) is 0 Å². The second kappa shape index (κ2) is 11.9. The zero-order chi connectivity index (χ0) is 21.0. The standard InChI is InChI=1S/C26H30N2O2/c1-28(20-22-12-5-2-6-13-22)19-11-18-27-25(29)21-30-26(23-14-7-3-8-15-23)24-16-9-4-10-17-24/h2-10,12-17,26H,11,18-21H2,1H3,(H,27,29). The van der Waals surface area contributed by atoms with E-state index in [1.165, 1.54) is 5.56 Å². The molecule has 0 bridgehead atoms. The number of ether oxygens (including phenoxy) is 1. The van der Waals surface area contributed by atoms with Crippen LogP contribution in [-0.4, -0.2) is 37.6 Å². The van der Waals surface area contributed by atoms with E-state index >= 15 is 0 Å². The van der Waals surface area contributed by atoms with Crippen molar-refractivity contribution in [1.82, 2.24) is 10.2 Å². The Labute approximate surface area is 179 Å². The van der Waals surface area contributed by atoms with Crippen LogP contribution in [0.2, 0.25) is 0 Å². The molecule has 0 radical (unpaired) electrons. The van der Waals surface area contributed by atoms with E-state index in [4.69, 9.17) is 4.74 Å². The summed E-state index contributed by atoms with van der Waals surface area (Å²) >= 11 is 0. The molecule has 4 nitrogen and oxygen atoms in total. The van der Waals surface area contributed by atoms with Crippen LogP contribution in [0.5, 0.6) is 0 Å². The largest absolute Gasteiger partial charge is 0.359 e. The predicted octanol–water partition coefficient (Wildman–Crippen LogP) is 4.43. The van der Waals surface area contributed by atoms with Gasteiger partial charge < -0.3 is 15.0 Å². The monoisotopic (exact) mass is 402 g/mol. The number of amides is 1. The molecule has 0 heterocycles. The molecule has 4 heteroatoms. The Hall–Kier alpha value is -2.95. The lowest BCUT2D eigenvalue weighted by molar-refractivity contribution is -0.127. The number of nitrogens with one attached hydrogen (secondary N) is 1. The number of carbonyl (C=O) groups is 1. The van der Waals surface area contributed by atoms with E-state index in [-0.39, 0.29) is 18.6 Å². The highest BCUT2D eigenvalue weighted by molar-refractivity contribution is 5.77. The van der Waals surface area contributed by atoms with E-state index in [1.54, 1.807) is 0 Å². The van der Waals surface area contributed by atoms with Crippen molar-refractivity contribution in [1.29, 1.82) is 0 Å². The zero-order valence-electron chi connectivity index (χ0n) is 17.5. The number of nitrogens with zero attached hydrogens (tertiary/aromatic N) is 1. The summed E-state index contributed by atoms with van der Waals surface area (Å²) in [4.78, 5) is 14.6. The van der Waals surface area contributed by atoms with Crippen LogP contribution in [0.25, 0.3) is 0 Å². The Morgan fingerprint density at radius 1 is 0.867 bits per heavy atom. The maximum Gasteiger partial charge on any atom is 0.246 e. The van der Waals surface area contributed by atoms with Crippen LogP contribution in [0.1, 0.15) is 29.2 Å². The molecule has 1 amide bonds. The molecule has 0 atom stereocenters. The summed E-state index contributed by atoms with van der Waals surface area (Å²) in [5.74, 6) is -0.0856. The van der Waals surface area contributed by atoms with Gasteiger partial charge in [-0.05, 0) is 36.7 Å². The summed E-state index contributed by atoms with van der Waals surface area (Å²) in [6, 6.07) is 30.4. The first-order valence-electron chi connectivity index (χ1n) is 10.4. The molecule has 156 valence electrons. The maximum absolute atomic E-state index is 12.3. The first-order chi connectivity index (χ1) is 14.7. The molecule has 3 aromatic rings. The van der Waals surface area contributed by atoms with Crippen molar-refractivity contribution in [2.75, 3.05) is 26.7 Å². The highest BCUT2D eigenvalue weighted by Crippen LogP contribution is 2.25. The van der Waals surface area contributed by atoms with Crippen molar-refractivity contribution in [2.24, 2.45) is 0 Å². The molecule has 1 N–H and O–H groups in total. The van der Waals surface area contributed by atoms with Gasteiger partial charge in [0.15, 0.2) is 0 Å². The Bertz CT molecular complexity index is 830. The molecular weight excluding hydrogens is 372 g/mol. The first kappa shape index (κ1) is 21.8. The van der Waals surface area contributed by atoms with Crippen LogP contribution in [0, 0.1) is 0 Å². The molecule has 3 rings (SSSR count). The average Bonchev–Trinajstić information content (AvgIpc) is 2.79. The van der Waals surface area contributed by atoms with E-state index in [0.29, 0.717) is 6.54 Å². The lowest BCUT2D eigenvalue weighted by Gasteiger charge is -2.19. The minimum Gasteiger partial charge on any atom is -0.359 e. The molecule has 0 aliphatic carbocycles. The number of hydrogen-bond donors (Lipinski definition) is 1. The smallest absolute Gasteiger partial charge is 0.246 e. The number of carbonyl (C=O) groups excluding carboxylic acids is 1. The van der Waals surface area contributed by atoms with Crippen molar-refractivity contribution in [3.05, 3.63) is 108 Å². The SMILES string of the molecule is CN(CCCNC(=O)COC(c1ccccc1)c1ccccc1)Cc1ccccc1. The summed E-state index contributed by atoms with van der Waals surface area (Å²) in [6.45, 7) is 2.51. The molecule has 0 fully saturated rings. The van der Waals surface area contributed by atoms with Gasteiger partial charge in [-0.15, -0.1) is 0 Å². The second-order valence-corrected chi connectivity index (χ2v) is 7.44. The molecule has 0 unspecified atom stereocenters. The summed E-state index contributed by atoms with van der Waals surface area (Å²) in [7, 11) is 2.10. The van der Waals surface area contributed by atoms with Gasteiger partial charge in [-0.1, -0.05) is 91.0 Å². The molecule has 3 aromatic carbocycles. The van der Waals surface area contributed by atoms with Gasteiger partial charge >= 0.3 is 0 Å². The Kier molecular flexibility index (Phi) is 8.63. The van der Waals surface area contributed by atoms with Crippen LogP contribution in [0.15, 0.2) is 91.0 Å². The minimum absolute atomic E-state index is 0.0360. The van der Waals surface area contributed by atoms with Gasteiger partial charge in [0.2, 0.25) is 5.91 Å². The molecule has 0 saturated carbocycles. The topological polar surface area (TPSA) is 41.6 Å². The van der Waals surface area contributed by atoms with Gasteiger partial charge in [0.25, 0.3) is 0 Å². The number of hydrogen-bond acceptors (Lipinski definition) is 3. The fraction of sp³-hybridized carbons (Fsp3) is 0.269. The molecule has 0 aliphatic heterocycles. The predicted molar refractivity (Wildman–Crippen MR) is 121 cm³/mol. The normalized spacial score (nSPS) is 11.0. The van der Waals surface area contributed by atoms with Crippen LogP contribution in [0.4, 0.5) is 0 Å². The van der Waals surface area contributed by atoms with Gasteiger partial charge in [0, 0.05) is 13.1 Å². The van der Waals surface area contributed by atoms with E-state index in [9.17, 15) is 4.79 Å². The molecule has 0 spiro atoms. The first-order valence-corrected chi connectivity index (χ1v) is 10.4. The maximum atomic E-state index is 12.3. The Balaban J connectivity index is 1.41. The van der Waals surface area contributed by atoms with Crippen molar-refractivity contribution in [3.63, 3.8) is 0 Å². The summed E-state index contributed by atoms with van der Waals surface area (Å²) in [6.07, 6.45) is 0.644. The third-order valence-corrected chi connectivity index (χ3v) is 4.92. The van der Waals surface area contributed by atoms with E-state index in [0.717, 1.165) is 30.6 Å². The Morgan fingerprint density at radius 3 is 1.97 bits per heavy atom. The van der Waals surface area contributed by atoms with Crippen LogP contribution < -0.4 is 5.32 Å². The summed E-state index contributed by atoms with van der Waals surface area (Å²) in [5, 5.41) is 2.97. The fourth-order valence-electron chi connectivity index (χ4n) is 3.40. The molecule has 0 saturated heterocycles. The molecular formula is C26H30N2O2. The van der Waals surface area contributed by atoms with Gasteiger partial charge in [-0.2, -0.15) is 0 Å². The van der Waals surface area contributed by atoms with Gasteiger partial charge in [0.1, 0.15) is 12.7 Å². The number of benzene rings is 3. The fourth-order valence-corrected chi connectivity index (χ4v) is 3.40. The van der Waals surface area contributed by atoms with Crippen molar-refractivity contribution in [2.45, 2.75) is 19.1 Å². The molecule has 0 aromatic heterocycles. The lowest BCUT2D eigenvalue weighted by Crippen LogP contribution is -2.31. The van der Waals surface area contributed by atoms with Crippen LogP contribution >= 0.6 is 0 Å². The zero-order valence-corrected chi connectivity index (χ0v) is 17.5. The third kappa shape index (κ3) is 7.14. The van der Waals surface area contributed by atoms with Gasteiger partial charge in [0.05, 0.1) is 0 Å². The minimum atomic E-state index is -0.254. The third-order valence-electron chi connectivity index (χ3n) is 4.92. The number of rotatable bonds is 11. The Morgan fingerprint density at radius 2 is 1.40 bits per heavy atom. The molecule has 30 heavy (non-hydrogen) atoms. The van der Waals surface area contributed by atoms with E-state index in [2.05, 4.69) is 41.5 Å². The van der Waals surface area contributed by atoms with Crippen LogP contribution in [0.3, 0.4) is 0 Å². The van der Waals surface area contributed by atoms with Gasteiger partial charge in [-0.3, -0.25) is 4.79 Å². The highest BCUT2D eigenvalue weighted by Gasteiger charge is 2.16. The van der Waals surface area contributed by atoms with Crippen LogP contribution in [-0.2, 0) is 16.1 Å². The summed E-state index contributed by atoms with van der Waals surface area (Å²) < 4.78 is 6.01. The van der Waals surface area contributed by atoms with Crippen molar-refractivity contribution in [3.8, 4) is 0 Å². The van der Waals surface area contributed by atoms with E-state index < -0.39 is 0 Å². The van der Waals surface area contributed by atoms with Crippen molar-refractivity contribution < 1.29 is 9.53 Å². The lowest BCUT2D eigenvalue weighted by atomic mass is 10.0. The quantitative estimate of drug-likeness (QED) is 0.483. The molecule has 0 aliphatic rings. The average molecular weight is 403 g/mol. The highest BCUT2D eigenvalue weighted by atomic mass is 16.5.